The summed E-state index contributed by atoms with van der Waals surface area (Å²) >= 11 is 0. The molecule has 1 atom stereocenters. The van der Waals surface area contributed by atoms with Crippen LogP contribution < -0.4 is 18.9 Å². The van der Waals surface area contributed by atoms with Gasteiger partial charge in [-0.3, -0.25) is 0 Å². The zero-order chi connectivity index (χ0) is 5.70. The van der Waals surface area contributed by atoms with Crippen LogP contribution in [-0.4, -0.2) is 0 Å². The van der Waals surface area contributed by atoms with Gasteiger partial charge in [0.2, 0.25) is 0 Å². The van der Waals surface area contributed by atoms with Gasteiger partial charge in [-0.1, -0.05) is 18.9 Å². The van der Waals surface area contributed by atoms with E-state index in [1.165, 1.54) is 0 Å². The third kappa shape index (κ3) is 6.34. The summed E-state index contributed by atoms with van der Waals surface area (Å²) in [6.07, 6.45) is 4.06. The molecule has 0 aromatic heterocycles. The molecule has 0 aliphatic carbocycles. The van der Waals surface area contributed by atoms with Crippen molar-refractivity contribution in [1.82, 2.24) is 0 Å². The second-order valence-corrected chi connectivity index (χ2v) is 1.92. The zero-order valence-electron chi connectivity index (χ0n) is 5.98. The van der Waals surface area contributed by atoms with Gasteiger partial charge in [-0.25, -0.2) is 0 Å². The third-order valence-electron chi connectivity index (χ3n) is 1.06. The van der Waals surface area contributed by atoms with Crippen LogP contribution in [0.2, 0.25) is 0 Å². The molecule has 0 saturated carbocycles. The maximum absolute atomic E-state index is 3.76. The van der Waals surface area contributed by atoms with Crippen molar-refractivity contribution in [3.8, 4) is 0 Å². The van der Waals surface area contributed by atoms with Crippen LogP contribution in [0.3, 0.4) is 0 Å². The first-order chi connectivity index (χ1) is 3.31. The van der Waals surface area contributed by atoms with Gasteiger partial charge >= 0.3 is 18.9 Å². The van der Waals surface area contributed by atoms with Crippen molar-refractivity contribution in [3.63, 3.8) is 0 Å². The van der Waals surface area contributed by atoms with Gasteiger partial charge in [0.05, 0.1) is 0 Å². The minimum absolute atomic E-state index is 0. The maximum atomic E-state index is 3.76. The summed E-state index contributed by atoms with van der Waals surface area (Å²) in [7, 11) is 0. The molecule has 0 aromatic rings. The summed E-state index contributed by atoms with van der Waals surface area (Å²) in [5.74, 6) is 0.720. The van der Waals surface area contributed by atoms with Crippen molar-refractivity contribution in [3.05, 3.63) is 19.6 Å². The average Bonchev–Trinajstić information content (AvgIpc) is 1.68. The minimum atomic E-state index is 0. The molecule has 8 heavy (non-hydrogen) atoms. The molecule has 0 rings (SSSR count). The Hall–Kier alpha value is 0.337. The summed E-state index contributed by atoms with van der Waals surface area (Å²) in [5.41, 5.74) is 0. The maximum Gasteiger partial charge on any atom is 1.00 e. The standard InChI is InChI=1S/C7H13.Li/c1-4-6-7(3)5-2;/h4,7H,1-2,5-6H2,3H3;/q-1;+1. The van der Waals surface area contributed by atoms with Crippen LogP contribution >= 0.6 is 0 Å². The number of allylic oxidation sites excluding steroid dienone is 1. The molecule has 0 nitrogen and oxygen atoms in total. The van der Waals surface area contributed by atoms with Gasteiger partial charge in [0.1, 0.15) is 0 Å². The fraction of sp³-hybridized carbons (Fsp3) is 0.571. The fourth-order valence-corrected chi connectivity index (χ4v) is 0.402. The second kappa shape index (κ2) is 7.34. The van der Waals surface area contributed by atoms with Gasteiger partial charge in [-0.05, 0) is 6.42 Å². The normalized spacial score (nSPS) is 11.8. The summed E-state index contributed by atoms with van der Waals surface area (Å²) in [5, 5.41) is 0. The van der Waals surface area contributed by atoms with Crippen LogP contribution in [0.25, 0.3) is 0 Å². The number of rotatable bonds is 3. The zero-order valence-corrected chi connectivity index (χ0v) is 5.98. The van der Waals surface area contributed by atoms with E-state index < -0.39 is 0 Å². The Bertz CT molecular complexity index is 50.3. The molecule has 0 aliphatic rings. The Morgan fingerprint density at radius 1 is 1.75 bits per heavy atom. The Morgan fingerprint density at radius 2 is 2.25 bits per heavy atom. The molecule has 0 saturated heterocycles. The van der Waals surface area contributed by atoms with Crippen LogP contribution in [-0.2, 0) is 0 Å². The number of hydrogen-bond donors (Lipinski definition) is 0. The molecule has 0 spiro atoms. The van der Waals surface area contributed by atoms with E-state index in [4.69, 9.17) is 0 Å². The average molecular weight is 104 g/mol. The molecule has 0 amide bonds. The molecule has 0 heterocycles. The van der Waals surface area contributed by atoms with E-state index in [9.17, 15) is 0 Å². The Labute approximate surface area is 64.5 Å². The topological polar surface area (TPSA) is 0 Å². The van der Waals surface area contributed by atoms with Gasteiger partial charge in [0, 0.05) is 0 Å². The molecule has 0 bridgehead atoms. The van der Waals surface area contributed by atoms with Crippen LogP contribution in [0.1, 0.15) is 19.8 Å². The van der Waals surface area contributed by atoms with Crippen molar-refractivity contribution in [2.75, 3.05) is 0 Å². The van der Waals surface area contributed by atoms with E-state index >= 15 is 0 Å². The van der Waals surface area contributed by atoms with E-state index in [1.54, 1.807) is 0 Å². The quantitative estimate of drug-likeness (QED) is 0.255. The number of hydrogen-bond acceptors (Lipinski definition) is 0. The molecule has 0 aliphatic heterocycles. The first-order valence-corrected chi connectivity index (χ1v) is 2.71. The predicted molar refractivity (Wildman–Crippen MR) is 34.0 cm³/mol. The first kappa shape index (κ1) is 11.2. The largest absolute Gasteiger partial charge is 1.00 e. The van der Waals surface area contributed by atoms with Crippen molar-refractivity contribution in [1.29, 1.82) is 0 Å². The van der Waals surface area contributed by atoms with E-state index in [1.807, 2.05) is 6.08 Å². The van der Waals surface area contributed by atoms with E-state index in [0.717, 1.165) is 18.8 Å². The summed E-state index contributed by atoms with van der Waals surface area (Å²) in [4.78, 5) is 0. The molecule has 0 N–H and O–H groups in total. The second-order valence-electron chi connectivity index (χ2n) is 1.92. The predicted octanol–water partition coefficient (Wildman–Crippen LogP) is -0.573. The molecule has 1 unspecified atom stereocenters. The van der Waals surface area contributed by atoms with Crippen molar-refractivity contribution >= 4 is 0 Å². The molecule has 0 aromatic carbocycles. The van der Waals surface area contributed by atoms with Crippen molar-refractivity contribution in [2.24, 2.45) is 5.92 Å². The van der Waals surface area contributed by atoms with Crippen LogP contribution in [0.15, 0.2) is 12.7 Å². The summed E-state index contributed by atoms with van der Waals surface area (Å²) in [6.45, 7) is 9.55. The monoisotopic (exact) mass is 104 g/mol. The van der Waals surface area contributed by atoms with Gasteiger partial charge in [-0.15, -0.1) is 6.58 Å². The van der Waals surface area contributed by atoms with E-state index in [-0.39, 0.29) is 18.9 Å². The van der Waals surface area contributed by atoms with Crippen LogP contribution in [0.5, 0.6) is 0 Å². The van der Waals surface area contributed by atoms with Crippen LogP contribution in [0.4, 0.5) is 0 Å². The Balaban J connectivity index is 0. The van der Waals surface area contributed by atoms with Gasteiger partial charge in [-0.2, -0.15) is 6.42 Å². The first-order valence-electron chi connectivity index (χ1n) is 2.71. The molecule has 0 radical (unpaired) electrons. The molecule has 42 valence electrons. The van der Waals surface area contributed by atoms with Crippen molar-refractivity contribution in [2.45, 2.75) is 19.8 Å². The fourth-order valence-electron chi connectivity index (χ4n) is 0.402. The minimum Gasteiger partial charge on any atom is -0.343 e. The molecule has 1 heteroatoms. The third-order valence-corrected chi connectivity index (χ3v) is 1.06. The van der Waals surface area contributed by atoms with E-state index in [0.29, 0.717) is 0 Å². The summed E-state index contributed by atoms with van der Waals surface area (Å²) in [6, 6.07) is 0. The van der Waals surface area contributed by atoms with Gasteiger partial charge < -0.3 is 6.92 Å². The smallest absolute Gasteiger partial charge is 0.343 e. The van der Waals surface area contributed by atoms with E-state index in [2.05, 4.69) is 20.4 Å². The van der Waals surface area contributed by atoms with Gasteiger partial charge in [0.15, 0.2) is 0 Å². The Morgan fingerprint density at radius 3 is 2.38 bits per heavy atom. The summed E-state index contributed by atoms with van der Waals surface area (Å²) < 4.78 is 0. The molecule has 0 fully saturated rings. The Kier molecular flexibility index (Phi) is 10.3. The SMILES string of the molecule is C=CCC(C)C[CH2-].[Li+]. The van der Waals surface area contributed by atoms with Crippen molar-refractivity contribution < 1.29 is 18.9 Å². The van der Waals surface area contributed by atoms with Crippen LogP contribution in [0, 0.1) is 12.8 Å². The van der Waals surface area contributed by atoms with Gasteiger partial charge in [0.25, 0.3) is 0 Å². The molecular formula is C7H13Li. The molecular weight excluding hydrogens is 91.0 g/mol.